The van der Waals surface area contributed by atoms with Crippen LogP contribution >= 0.6 is 24.0 Å². The van der Waals surface area contributed by atoms with Gasteiger partial charge in [-0.25, -0.2) is 0 Å². The average Bonchev–Trinajstić information content (AvgIpc) is 1.65. The summed E-state index contributed by atoms with van der Waals surface area (Å²) in [5, 5.41) is 0. The summed E-state index contributed by atoms with van der Waals surface area (Å²) < 4.78 is 0.903. The van der Waals surface area contributed by atoms with E-state index in [0.717, 1.165) is 9.77 Å². The predicted octanol–water partition coefficient (Wildman–Crippen LogP) is 2.25. The summed E-state index contributed by atoms with van der Waals surface area (Å²) in [5.41, 5.74) is 0.988. The molecule has 0 aromatic carbocycles. The van der Waals surface area contributed by atoms with Crippen LogP contribution in [-0.2, 0) is 0 Å². The Morgan fingerprint density at radius 2 is 2.14 bits per heavy atom. The van der Waals surface area contributed by atoms with Gasteiger partial charge >= 0.3 is 0 Å². The molecule has 0 nitrogen and oxygen atoms in total. The first-order chi connectivity index (χ1) is 3.18. The van der Waals surface area contributed by atoms with E-state index in [-0.39, 0.29) is 0 Å². The topological polar surface area (TPSA) is 0 Å². The lowest BCUT2D eigenvalue weighted by atomic mass is 10.4. The fourth-order valence-corrected chi connectivity index (χ4v) is 0.523. The highest BCUT2D eigenvalue weighted by atomic mass is 32.2. The second-order valence-electron chi connectivity index (χ2n) is 1.27. The van der Waals surface area contributed by atoms with Crippen LogP contribution in [0.4, 0.5) is 0 Å². The van der Waals surface area contributed by atoms with Crippen molar-refractivity contribution in [3.8, 4) is 0 Å². The van der Waals surface area contributed by atoms with Gasteiger partial charge in [0.2, 0.25) is 0 Å². The Balaban J connectivity index is 3.58. The predicted molar refractivity (Wildman–Crippen MR) is 40.9 cm³/mol. The van der Waals surface area contributed by atoms with Gasteiger partial charge in [0.15, 0.2) is 0 Å². The van der Waals surface area contributed by atoms with Crippen LogP contribution in [0.2, 0.25) is 0 Å². The minimum Gasteiger partial charge on any atom is -0.118 e. The number of thioether (sulfide) groups is 1. The largest absolute Gasteiger partial charge is 0.118 e. The van der Waals surface area contributed by atoms with Gasteiger partial charge in [0.1, 0.15) is 0 Å². The standard InChI is InChI=1S/C5H8S2/c1-4(2)5(6)7-3/h1H2,2-3H3. The van der Waals surface area contributed by atoms with Gasteiger partial charge < -0.3 is 0 Å². The lowest BCUT2D eigenvalue weighted by Gasteiger charge is -1.91. The third kappa shape index (κ3) is 2.83. The maximum absolute atomic E-state index is 4.84. The van der Waals surface area contributed by atoms with Crippen LogP contribution in [0.3, 0.4) is 0 Å². The van der Waals surface area contributed by atoms with E-state index in [2.05, 4.69) is 6.58 Å². The number of hydrogen-bond donors (Lipinski definition) is 0. The van der Waals surface area contributed by atoms with Gasteiger partial charge in [0.25, 0.3) is 0 Å². The molecule has 0 heterocycles. The Morgan fingerprint density at radius 1 is 1.71 bits per heavy atom. The first kappa shape index (κ1) is 7.18. The molecular formula is C5H8S2. The van der Waals surface area contributed by atoms with Gasteiger partial charge in [-0.2, -0.15) is 0 Å². The first-order valence-corrected chi connectivity index (χ1v) is 3.55. The molecule has 0 spiro atoms. The highest BCUT2D eigenvalue weighted by molar-refractivity contribution is 8.23. The molecule has 0 aromatic rings. The Kier molecular flexibility index (Phi) is 3.30. The maximum atomic E-state index is 4.84. The fraction of sp³-hybridized carbons (Fsp3) is 0.400. The van der Waals surface area contributed by atoms with E-state index in [4.69, 9.17) is 12.2 Å². The van der Waals surface area contributed by atoms with Gasteiger partial charge in [-0.15, -0.1) is 11.8 Å². The van der Waals surface area contributed by atoms with Crippen molar-refractivity contribution < 1.29 is 0 Å². The molecule has 0 radical (unpaired) electrons. The molecule has 0 aliphatic carbocycles. The molecule has 0 N–H and O–H groups in total. The monoisotopic (exact) mass is 132 g/mol. The third-order valence-corrected chi connectivity index (χ3v) is 2.10. The molecule has 0 saturated heterocycles. The van der Waals surface area contributed by atoms with Gasteiger partial charge in [0.05, 0.1) is 4.20 Å². The average molecular weight is 132 g/mol. The molecule has 0 saturated carbocycles. The van der Waals surface area contributed by atoms with Crippen LogP contribution in [-0.4, -0.2) is 10.5 Å². The minimum absolute atomic E-state index is 0.903. The summed E-state index contributed by atoms with van der Waals surface area (Å²) in [6.45, 7) is 5.58. The van der Waals surface area contributed by atoms with Crippen molar-refractivity contribution in [2.75, 3.05) is 6.26 Å². The lowest BCUT2D eigenvalue weighted by Crippen LogP contribution is -1.83. The molecule has 0 aliphatic heterocycles. The second-order valence-corrected chi connectivity index (χ2v) is 2.76. The van der Waals surface area contributed by atoms with E-state index >= 15 is 0 Å². The van der Waals surface area contributed by atoms with Crippen LogP contribution in [0.1, 0.15) is 6.92 Å². The van der Waals surface area contributed by atoms with Crippen molar-refractivity contribution in [2.24, 2.45) is 0 Å². The molecule has 2 heteroatoms. The quantitative estimate of drug-likeness (QED) is 0.396. The molecule has 0 amide bonds. The second kappa shape index (κ2) is 3.22. The molecule has 0 bridgehead atoms. The number of rotatable bonds is 1. The van der Waals surface area contributed by atoms with E-state index in [1.807, 2.05) is 13.2 Å². The zero-order valence-electron chi connectivity index (χ0n) is 4.52. The van der Waals surface area contributed by atoms with E-state index in [0.29, 0.717) is 0 Å². The summed E-state index contributed by atoms with van der Waals surface area (Å²) in [6, 6.07) is 0. The first-order valence-electron chi connectivity index (χ1n) is 1.92. The molecule has 40 valence electrons. The molecule has 0 fully saturated rings. The Bertz CT molecular complexity index is 94.3. The molecule has 7 heavy (non-hydrogen) atoms. The lowest BCUT2D eigenvalue weighted by molar-refractivity contribution is 1.69. The summed E-state index contributed by atoms with van der Waals surface area (Å²) in [5.74, 6) is 0. The van der Waals surface area contributed by atoms with Crippen molar-refractivity contribution in [1.29, 1.82) is 0 Å². The normalized spacial score (nSPS) is 8.29. The molecule has 0 aromatic heterocycles. The van der Waals surface area contributed by atoms with E-state index in [1.165, 1.54) is 0 Å². The van der Waals surface area contributed by atoms with Gasteiger partial charge in [-0.05, 0) is 18.8 Å². The minimum atomic E-state index is 0.903. The summed E-state index contributed by atoms with van der Waals surface area (Å²) in [7, 11) is 0. The van der Waals surface area contributed by atoms with Crippen molar-refractivity contribution in [2.45, 2.75) is 6.92 Å². The molecule has 0 rings (SSSR count). The zero-order chi connectivity index (χ0) is 5.86. The van der Waals surface area contributed by atoms with Crippen molar-refractivity contribution in [1.82, 2.24) is 0 Å². The highest BCUT2D eigenvalue weighted by Gasteiger charge is 1.89. The molecular weight excluding hydrogens is 124 g/mol. The van der Waals surface area contributed by atoms with Gasteiger partial charge in [0, 0.05) is 0 Å². The van der Waals surface area contributed by atoms with Crippen LogP contribution in [0.5, 0.6) is 0 Å². The van der Waals surface area contributed by atoms with E-state index in [1.54, 1.807) is 11.8 Å². The fourth-order valence-electron chi connectivity index (χ4n) is 0.174. The summed E-state index contributed by atoms with van der Waals surface area (Å²) >= 11 is 6.41. The van der Waals surface area contributed by atoms with Crippen LogP contribution in [0.15, 0.2) is 12.2 Å². The number of thiocarbonyl (C=S) groups is 1. The smallest absolute Gasteiger partial charge is 0.0726 e. The molecule has 0 unspecified atom stereocenters. The van der Waals surface area contributed by atoms with Crippen LogP contribution in [0.25, 0.3) is 0 Å². The zero-order valence-corrected chi connectivity index (χ0v) is 6.16. The van der Waals surface area contributed by atoms with Crippen LogP contribution in [0, 0.1) is 0 Å². The van der Waals surface area contributed by atoms with Crippen LogP contribution < -0.4 is 0 Å². The van der Waals surface area contributed by atoms with E-state index < -0.39 is 0 Å². The summed E-state index contributed by atoms with van der Waals surface area (Å²) in [4.78, 5) is 0. The van der Waals surface area contributed by atoms with E-state index in [9.17, 15) is 0 Å². The number of hydrogen-bond acceptors (Lipinski definition) is 2. The Labute approximate surface area is 54.0 Å². The molecule has 0 aliphatic rings. The summed E-state index contributed by atoms with van der Waals surface area (Å²) in [6.07, 6.45) is 1.96. The Hall–Kier alpha value is 0.180. The van der Waals surface area contributed by atoms with Crippen molar-refractivity contribution >= 4 is 28.2 Å². The Morgan fingerprint density at radius 3 is 2.14 bits per heavy atom. The van der Waals surface area contributed by atoms with Gasteiger partial charge in [-0.1, -0.05) is 18.8 Å². The van der Waals surface area contributed by atoms with Crippen molar-refractivity contribution in [3.05, 3.63) is 12.2 Å². The third-order valence-electron chi connectivity index (χ3n) is 0.534. The van der Waals surface area contributed by atoms with Gasteiger partial charge in [-0.3, -0.25) is 0 Å². The molecule has 0 atom stereocenters. The maximum Gasteiger partial charge on any atom is 0.0726 e. The SMILES string of the molecule is C=C(C)C(=S)SC. The highest BCUT2D eigenvalue weighted by Crippen LogP contribution is 2.05. The van der Waals surface area contributed by atoms with Crippen molar-refractivity contribution in [3.63, 3.8) is 0 Å².